The van der Waals surface area contributed by atoms with Gasteiger partial charge in [0.05, 0.1) is 5.56 Å². The molecule has 18 heavy (non-hydrogen) atoms. The van der Waals surface area contributed by atoms with Crippen LogP contribution in [0.4, 0.5) is 0 Å². The SMILES string of the molecule is CCCc1nc(Cl)c(C#N)c2c1CSC(C)(C)C2. The highest BCUT2D eigenvalue weighted by Gasteiger charge is 2.30. The predicted molar refractivity (Wildman–Crippen MR) is 77.0 cm³/mol. The third-order valence-electron chi connectivity index (χ3n) is 3.26. The van der Waals surface area contributed by atoms with Crippen molar-refractivity contribution in [2.24, 2.45) is 0 Å². The van der Waals surface area contributed by atoms with Crippen LogP contribution < -0.4 is 0 Å². The number of halogens is 1. The zero-order valence-corrected chi connectivity index (χ0v) is 12.6. The van der Waals surface area contributed by atoms with Crippen LogP contribution in [0.25, 0.3) is 0 Å². The van der Waals surface area contributed by atoms with Gasteiger partial charge in [-0.05, 0) is 24.0 Å². The zero-order valence-electron chi connectivity index (χ0n) is 11.0. The summed E-state index contributed by atoms with van der Waals surface area (Å²) >= 11 is 8.09. The molecule has 0 saturated heterocycles. The van der Waals surface area contributed by atoms with Crippen LogP contribution in [0.5, 0.6) is 0 Å². The fourth-order valence-electron chi connectivity index (χ4n) is 2.36. The summed E-state index contributed by atoms with van der Waals surface area (Å²) in [6.07, 6.45) is 2.89. The first-order valence-electron chi connectivity index (χ1n) is 6.22. The minimum atomic E-state index is 0.173. The van der Waals surface area contributed by atoms with Gasteiger partial charge in [-0.15, -0.1) is 0 Å². The van der Waals surface area contributed by atoms with E-state index in [1.807, 2.05) is 11.8 Å². The number of aromatic nitrogens is 1. The first kappa shape index (κ1) is 13.7. The average molecular weight is 281 g/mol. The van der Waals surface area contributed by atoms with Crippen molar-refractivity contribution in [1.82, 2.24) is 4.98 Å². The van der Waals surface area contributed by atoms with Crippen LogP contribution in [-0.4, -0.2) is 9.73 Å². The van der Waals surface area contributed by atoms with Gasteiger partial charge in [0.1, 0.15) is 11.2 Å². The number of hydrogen-bond donors (Lipinski definition) is 0. The van der Waals surface area contributed by atoms with Gasteiger partial charge in [-0.25, -0.2) is 4.98 Å². The number of fused-ring (bicyclic) bond motifs is 1. The molecule has 1 aromatic heterocycles. The molecule has 0 fully saturated rings. The topological polar surface area (TPSA) is 36.7 Å². The van der Waals surface area contributed by atoms with Crippen molar-refractivity contribution in [2.45, 2.75) is 50.5 Å². The maximum absolute atomic E-state index is 9.28. The molecule has 0 aromatic carbocycles. The summed E-state index contributed by atoms with van der Waals surface area (Å²) in [4.78, 5) is 4.42. The minimum absolute atomic E-state index is 0.173. The lowest BCUT2D eigenvalue weighted by Gasteiger charge is -2.32. The fourth-order valence-corrected chi connectivity index (χ4v) is 3.74. The predicted octanol–water partition coefficient (Wildman–Crippen LogP) is 4.13. The third-order valence-corrected chi connectivity index (χ3v) is 4.89. The molecule has 0 amide bonds. The molecule has 96 valence electrons. The fraction of sp³-hybridized carbons (Fsp3) is 0.571. The second-order valence-electron chi connectivity index (χ2n) is 5.27. The molecule has 0 aliphatic carbocycles. The Kier molecular flexibility index (Phi) is 3.89. The highest BCUT2D eigenvalue weighted by molar-refractivity contribution is 7.99. The first-order valence-corrected chi connectivity index (χ1v) is 7.59. The summed E-state index contributed by atoms with van der Waals surface area (Å²) in [5.41, 5.74) is 4.05. The van der Waals surface area contributed by atoms with E-state index in [2.05, 4.69) is 31.8 Å². The van der Waals surface area contributed by atoms with Crippen LogP contribution in [0.15, 0.2) is 0 Å². The van der Waals surface area contributed by atoms with Crippen molar-refractivity contribution >= 4 is 23.4 Å². The lowest BCUT2D eigenvalue weighted by molar-refractivity contribution is 0.685. The number of nitriles is 1. The molecule has 1 aromatic rings. The summed E-state index contributed by atoms with van der Waals surface area (Å²) in [6, 6.07) is 2.23. The Balaban J connectivity index is 2.60. The van der Waals surface area contributed by atoms with E-state index in [0.29, 0.717) is 10.7 Å². The normalized spacial score (nSPS) is 17.1. The highest BCUT2D eigenvalue weighted by Crippen LogP contribution is 2.41. The molecule has 0 radical (unpaired) electrons. The van der Waals surface area contributed by atoms with Gasteiger partial charge >= 0.3 is 0 Å². The quantitative estimate of drug-likeness (QED) is 0.765. The maximum Gasteiger partial charge on any atom is 0.147 e. The van der Waals surface area contributed by atoms with Crippen molar-refractivity contribution in [1.29, 1.82) is 5.26 Å². The van der Waals surface area contributed by atoms with E-state index < -0.39 is 0 Å². The monoisotopic (exact) mass is 280 g/mol. The molecular weight excluding hydrogens is 264 g/mol. The lowest BCUT2D eigenvalue weighted by Crippen LogP contribution is -2.26. The van der Waals surface area contributed by atoms with Crippen LogP contribution in [0, 0.1) is 11.3 Å². The molecule has 0 bridgehead atoms. The molecule has 0 N–H and O–H groups in total. The van der Waals surface area contributed by atoms with Crippen molar-refractivity contribution in [3.63, 3.8) is 0 Å². The molecule has 0 saturated carbocycles. The summed E-state index contributed by atoms with van der Waals surface area (Å²) in [7, 11) is 0. The van der Waals surface area contributed by atoms with Crippen LogP contribution in [-0.2, 0) is 18.6 Å². The maximum atomic E-state index is 9.28. The van der Waals surface area contributed by atoms with Gasteiger partial charge in [0.15, 0.2) is 0 Å². The summed E-state index contributed by atoms with van der Waals surface area (Å²) in [5, 5.41) is 9.66. The van der Waals surface area contributed by atoms with Crippen molar-refractivity contribution < 1.29 is 0 Å². The summed E-state index contributed by atoms with van der Waals surface area (Å²) in [5.74, 6) is 0.941. The smallest absolute Gasteiger partial charge is 0.147 e. The Hall–Kier alpha value is -0.720. The van der Waals surface area contributed by atoms with Gasteiger partial charge < -0.3 is 0 Å². The number of hydrogen-bond acceptors (Lipinski definition) is 3. The van der Waals surface area contributed by atoms with Crippen molar-refractivity contribution in [2.75, 3.05) is 0 Å². The largest absolute Gasteiger partial charge is 0.239 e. The molecule has 0 unspecified atom stereocenters. The van der Waals surface area contributed by atoms with E-state index in [0.717, 1.165) is 36.3 Å². The highest BCUT2D eigenvalue weighted by atomic mass is 35.5. The second kappa shape index (κ2) is 5.11. The molecule has 1 aliphatic rings. The van der Waals surface area contributed by atoms with Gasteiger partial charge in [0, 0.05) is 16.2 Å². The molecule has 2 rings (SSSR count). The second-order valence-corrected chi connectivity index (χ2v) is 7.31. The van der Waals surface area contributed by atoms with Gasteiger partial charge in [0.2, 0.25) is 0 Å². The van der Waals surface area contributed by atoms with Crippen LogP contribution in [0.3, 0.4) is 0 Å². The molecule has 1 aliphatic heterocycles. The van der Waals surface area contributed by atoms with Gasteiger partial charge in [-0.3, -0.25) is 0 Å². The molecule has 4 heteroatoms. The number of pyridine rings is 1. The van der Waals surface area contributed by atoms with E-state index in [1.165, 1.54) is 5.56 Å². The molecule has 0 spiro atoms. The Bertz CT molecular complexity index is 518. The first-order chi connectivity index (χ1) is 8.48. The summed E-state index contributed by atoms with van der Waals surface area (Å²) < 4.78 is 0.173. The molecule has 2 heterocycles. The van der Waals surface area contributed by atoms with Crippen LogP contribution in [0.1, 0.15) is 49.6 Å². The number of thioether (sulfide) groups is 1. The van der Waals surface area contributed by atoms with E-state index in [-0.39, 0.29) is 4.75 Å². The summed E-state index contributed by atoms with van der Waals surface area (Å²) in [6.45, 7) is 6.57. The number of rotatable bonds is 2. The molecular formula is C14H17ClN2S. The van der Waals surface area contributed by atoms with Crippen molar-refractivity contribution in [3.8, 4) is 6.07 Å². The molecule has 2 nitrogen and oxygen atoms in total. The minimum Gasteiger partial charge on any atom is -0.239 e. The van der Waals surface area contributed by atoms with Crippen LogP contribution >= 0.6 is 23.4 Å². The van der Waals surface area contributed by atoms with E-state index in [9.17, 15) is 5.26 Å². The van der Waals surface area contributed by atoms with Gasteiger partial charge in [-0.1, -0.05) is 38.8 Å². The van der Waals surface area contributed by atoms with Crippen LogP contribution in [0.2, 0.25) is 5.15 Å². The Morgan fingerprint density at radius 1 is 1.44 bits per heavy atom. The Morgan fingerprint density at radius 3 is 2.78 bits per heavy atom. The Labute approximate surface area is 118 Å². The van der Waals surface area contributed by atoms with E-state index >= 15 is 0 Å². The average Bonchev–Trinajstić information content (AvgIpc) is 2.28. The standard InChI is InChI=1S/C14H17ClN2S/c1-4-5-12-11-8-18-14(2,3)6-9(11)10(7-16)13(15)17-12/h4-6,8H2,1-3H3. The Morgan fingerprint density at radius 2 is 2.17 bits per heavy atom. The van der Waals surface area contributed by atoms with Gasteiger partial charge in [0.25, 0.3) is 0 Å². The van der Waals surface area contributed by atoms with E-state index in [1.54, 1.807) is 0 Å². The third kappa shape index (κ3) is 2.50. The van der Waals surface area contributed by atoms with Crippen molar-refractivity contribution in [3.05, 3.63) is 27.5 Å². The number of aryl methyl sites for hydroxylation is 1. The lowest BCUT2D eigenvalue weighted by atomic mass is 9.92. The number of nitrogens with zero attached hydrogens (tertiary/aromatic N) is 2. The van der Waals surface area contributed by atoms with E-state index in [4.69, 9.17) is 11.6 Å². The zero-order chi connectivity index (χ0) is 13.3. The van der Waals surface area contributed by atoms with Gasteiger partial charge in [-0.2, -0.15) is 17.0 Å². The molecule has 0 atom stereocenters.